The van der Waals surface area contributed by atoms with Crippen molar-refractivity contribution in [1.82, 2.24) is 5.32 Å². The van der Waals surface area contributed by atoms with Gasteiger partial charge in [0.25, 0.3) is 0 Å². The molecule has 21 heavy (non-hydrogen) atoms. The topological polar surface area (TPSA) is 21.3 Å². The maximum Gasteiger partial charge on any atom is 0.130 e. The number of rotatable bonds is 4. The number of hydrogen-bond donors (Lipinski definition) is 1. The smallest absolute Gasteiger partial charge is 0.130 e. The fraction of sp³-hybridized carbons (Fsp3) is 0.333. The quantitative estimate of drug-likeness (QED) is 0.794. The molecule has 3 heteroatoms. The summed E-state index contributed by atoms with van der Waals surface area (Å²) < 4.78 is 7.13. The van der Waals surface area contributed by atoms with Crippen LogP contribution in [0.5, 0.6) is 11.5 Å². The third kappa shape index (κ3) is 3.66. The molecule has 0 spiro atoms. The predicted molar refractivity (Wildman–Crippen MR) is 92.3 cm³/mol. The Hall–Kier alpha value is -1.32. The highest BCUT2D eigenvalue weighted by atomic mass is 79.9. The van der Waals surface area contributed by atoms with Crippen molar-refractivity contribution in [3.63, 3.8) is 0 Å². The highest BCUT2D eigenvalue weighted by Gasteiger charge is 2.10. The van der Waals surface area contributed by atoms with Crippen molar-refractivity contribution < 1.29 is 4.74 Å². The maximum atomic E-state index is 6.07. The van der Waals surface area contributed by atoms with Gasteiger partial charge in [0.05, 0.1) is 0 Å². The van der Waals surface area contributed by atoms with Gasteiger partial charge in [-0.15, -0.1) is 0 Å². The molecule has 0 fully saturated rings. The standard InChI is InChI=1S/C18H22BrNO/c1-11-8-12(2)13(3)18(9-11)21-15-6-7-16(14(4)20-5)17(19)10-15/h6-10,14,20H,1-5H3. The summed E-state index contributed by atoms with van der Waals surface area (Å²) in [4.78, 5) is 0. The zero-order chi connectivity index (χ0) is 15.6. The summed E-state index contributed by atoms with van der Waals surface area (Å²) in [5, 5.41) is 3.24. The third-order valence-electron chi connectivity index (χ3n) is 3.86. The normalized spacial score (nSPS) is 12.3. The molecule has 1 N–H and O–H groups in total. The van der Waals surface area contributed by atoms with Crippen LogP contribution in [0.3, 0.4) is 0 Å². The summed E-state index contributed by atoms with van der Waals surface area (Å²) in [5.74, 6) is 1.77. The van der Waals surface area contributed by atoms with E-state index < -0.39 is 0 Å². The molecule has 0 heterocycles. The van der Waals surface area contributed by atoms with Crippen LogP contribution in [0.1, 0.15) is 35.2 Å². The van der Waals surface area contributed by atoms with Crippen molar-refractivity contribution in [1.29, 1.82) is 0 Å². The minimum absolute atomic E-state index is 0.302. The Bertz CT molecular complexity index is 652. The second-order valence-corrected chi connectivity index (χ2v) is 6.36. The zero-order valence-electron chi connectivity index (χ0n) is 13.3. The molecule has 2 rings (SSSR count). The second kappa shape index (κ2) is 6.63. The van der Waals surface area contributed by atoms with Crippen molar-refractivity contribution in [3.05, 3.63) is 57.1 Å². The van der Waals surface area contributed by atoms with Gasteiger partial charge in [0.15, 0.2) is 0 Å². The predicted octanol–water partition coefficient (Wildman–Crippen LogP) is 5.45. The lowest BCUT2D eigenvalue weighted by atomic mass is 10.1. The van der Waals surface area contributed by atoms with Crippen molar-refractivity contribution >= 4 is 15.9 Å². The van der Waals surface area contributed by atoms with Crippen LogP contribution in [-0.2, 0) is 0 Å². The van der Waals surface area contributed by atoms with Crippen LogP contribution >= 0.6 is 15.9 Å². The van der Waals surface area contributed by atoms with Gasteiger partial charge in [-0.3, -0.25) is 0 Å². The molecular formula is C18H22BrNO. The van der Waals surface area contributed by atoms with Crippen LogP contribution in [-0.4, -0.2) is 7.05 Å². The van der Waals surface area contributed by atoms with E-state index in [-0.39, 0.29) is 0 Å². The second-order valence-electron chi connectivity index (χ2n) is 5.50. The van der Waals surface area contributed by atoms with E-state index in [0.29, 0.717) is 6.04 Å². The van der Waals surface area contributed by atoms with Crippen LogP contribution in [0.2, 0.25) is 0 Å². The van der Waals surface area contributed by atoms with Gasteiger partial charge in [-0.25, -0.2) is 0 Å². The van der Waals surface area contributed by atoms with Crippen LogP contribution in [0.15, 0.2) is 34.8 Å². The molecule has 0 bridgehead atoms. The maximum absolute atomic E-state index is 6.07. The largest absolute Gasteiger partial charge is 0.457 e. The highest BCUT2D eigenvalue weighted by Crippen LogP contribution is 2.32. The van der Waals surface area contributed by atoms with E-state index in [1.165, 1.54) is 22.3 Å². The van der Waals surface area contributed by atoms with E-state index in [9.17, 15) is 0 Å². The number of hydrogen-bond acceptors (Lipinski definition) is 2. The van der Waals surface area contributed by atoms with Crippen LogP contribution in [0.4, 0.5) is 0 Å². The lowest BCUT2D eigenvalue weighted by molar-refractivity contribution is 0.477. The fourth-order valence-corrected chi connectivity index (χ4v) is 3.01. The molecule has 0 aromatic heterocycles. The lowest BCUT2D eigenvalue weighted by Gasteiger charge is -2.16. The summed E-state index contributed by atoms with van der Waals surface area (Å²) in [6, 6.07) is 10.7. The minimum atomic E-state index is 0.302. The van der Waals surface area contributed by atoms with Crippen LogP contribution in [0, 0.1) is 20.8 Å². The van der Waals surface area contributed by atoms with Gasteiger partial charge in [-0.05, 0) is 75.2 Å². The monoisotopic (exact) mass is 347 g/mol. The minimum Gasteiger partial charge on any atom is -0.457 e. The van der Waals surface area contributed by atoms with Crippen molar-refractivity contribution in [3.8, 4) is 11.5 Å². The molecule has 0 saturated carbocycles. The number of aryl methyl sites for hydroxylation is 2. The van der Waals surface area contributed by atoms with E-state index in [1.807, 2.05) is 19.2 Å². The molecule has 0 saturated heterocycles. The third-order valence-corrected chi connectivity index (χ3v) is 4.55. The number of ether oxygens (including phenoxy) is 1. The Kier molecular flexibility index (Phi) is 5.07. The molecule has 0 aliphatic carbocycles. The lowest BCUT2D eigenvalue weighted by Crippen LogP contribution is -2.12. The van der Waals surface area contributed by atoms with Gasteiger partial charge in [-0.1, -0.05) is 28.1 Å². The van der Waals surface area contributed by atoms with Crippen LogP contribution < -0.4 is 10.1 Å². The van der Waals surface area contributed by atoms with E-state index >= 15 is 0 Å². The molecule has 0 aliphatic rings. The van der Waals surface area contributed by atoms with Gasteiger partial charge in [0.1, 0.15) is 11.5 Å². The van der Waals surface area contributed by atoms with Crippen molar-refractivity contribution in [2.24, 2.45) is 0 Å². The molecule has 1 unspecified atom stereocenters. The van der Waals surface area contributed by atoms with Crippen molar-refractivity contribution in [2.75, 3.05) is 7.05 Å². The first-order valence-corrected chi connectivity index (χ1v) is 7.94. The highest BCUT2D eigenvalue weighted by molar-refractivity contribution is 9.10. The molecule has 1 atom stereocenters. The Morgan fingerprint density at radius 2 is 1.81 bits per heavy atom. The zero-order valence-corrected chi connectivity index (χ0v) is 14.8. The van der Waals surface area contributed by atoms with E-state index in [2.05, 4.69) is 67.1 Å². The van der Waals surface area contributed by atoms with E-state index in [4.69, 9.17) is 4.74 Å². The van der Waals surface area contributed by atoms with Gasteiger partial charge in [0, 0.05) is 10.5 Å². The summed E-state index contributed by atoms with van der Waals surface area (Å²) in [6.45, 7) is 8.43. The molecule has 112 valence electrons. The Morgan fingerprint density at radius 3 is 2.43 bits per heavy atom. The first kappa shape index (κ1) is 16.1. The SMILES string of the molecule is CNC(C)c1ccc(Oc2cc(C)cc(C)c2C)cc1Br. The Labute approximate surface area is 135 Å². The molecule has 2 aromatic carbocycles. The molecule has 2 aromatic rings. The Balaban J connectivity index is 2.31. The molecular weight excluding hydrogens is 326 g/mol. The summed E-state index contributed by atoms with van der Waals surface area (Å²) in [7, 11) is 1.96. The molecule has 0 aliphatic heterocycles. The summed E-state index contributed by atoms with van der Waals surface area (Å²) >= 11 is 3.63. The first-order valence-electron chi connectivity index (χ1n) is 7.14. The number of benzene rings is 2. The number of nitrogens with one attached hydrogen (secondary N) is 1. The number of halogens is 1. The van der Waals surface area contributed by atoms with Gasteiger partial charge < -0.3 is 10.1 Å². The van der Waals surface area contributed by atoms with Crippen molar-refractivity contribution in [2.45, 2.75) is 33.7 Å². The van der Waals surface area contributed by atoms with Crippen LogP contribution in [0.25, 0.3) is 0 Å². The van der Waals surface area contributed by atoms with E-state index in [0.717, 1.165) is 16.0 Å². The van der Waals surface area contributed by atoms with E-state index in [1.54, 1.807) is 0 Å². The molecule has 0 radical (unpaired) electrons. The van der Waals surface area contributed by atoms with Gasteiger partial charge >= 0.3 is 0 Å². The van der Waals surface area contributed by atoms with Gasteiger partial charge in [0.2, 0.25) is 0 Å². The average molecular weight is 348 g/mol. The fourth-order valence-electron chi connectivity index (χ4n) is 2.31. The average Bonchev–Trinajstić information content (AvgIpc) is 2.43. The summed E-state index contributed by atoms with van der Waals surface area (Å²) in [6.07, 6.45) is 0. The summed E-state index contributed by atoms with van der Waals surface area (Å²) in [5.41, 5.74) is 4.88. The molecule has 0 amide bonds. The molecule has 2 nitrogen and oxygen atoms in total. The Morgan fingerprint density at radius 1 is 1.10 bits per heavy atom. The first-order chi connectivity index (χ1) is 9.92. The van der Waals surface area contributed by atoms with Gasteiger partial charge in [-0.2, -0.15) is 0 Å².